The molecule has 1 aromatic heterocycles. The van der Waals surface area contributed by atoms with Crippen LogP contribution in [0.5, 0.6) is 0 Å². The Balaban J connectivity index is 1.41. The number of amides is 1. The summed E-state index contributed by atoms with van der Waals surface area (Å²) in [5, 5.41) is 2.23. The fourth-order valence-corrected chi connectivity index (χ4v) is 7.19. The summed E-state index contributed by atoms with van der Waals surface area (Å²) in [6.45, 7) is 1.99. The number of rotatable bonds is 2. The third-order valence-corrected chi connectivity index (χ3v) is 8.83. The first-order valence-electron chi connectivity index (χ1n) is 12.1. The highest BCUT2D eigenvalue weighted by molar-refractivity contribution is 5.94. The molecule has 1 amide bonds. The number of pyridine rings is 1. The summed E-state index contributed by atoms with van der Waals surface area (Å²) in [4.78, 5) is 28.0. The van der Waals surface area contributed by atoms with E-state index in [1.165, 1.54) is 6.07 Å². The number of hydrogen-bond acceptors (Lipinski definition) is 2. The predicted molar refractivity (Wildman–Crippen MR) is 120 cm³/mol. The third-order valence-electron chi connectivity index (χ3n) is 8.83. The molecule has 0 unspecified atom stereocenters. The van der Waals surface area contributed by atoms with Gasteiger partial charge in [0, 0.05) is 17.7 Å². The second-order valence-electron chi connectivity index (χ2n) is 10.6. The number of hydrogen-bond donors (Lipinski definition) is 2. The van der Waals surface area contributed by atoms with Crippen molar-refractivity contribution in [3.63, 3.8) is 0 Å². The number of anilines is 1. The molecule has 4 nitrogen and oxygen atoms in total. The number of aromatic nitrogens is 1. The minimum Gasteiger partial charge on any atom is -0.326 e. The molecule has 36 heavy (non-hydrogen) atoms. The first kappa shape index (κ1) is 24.9. The summed E-state index contributed by atoms with van der Waals surface area (Å²) < 4.78 is 80.1. The van der Waals surface area contributed by atoms with Crippen molar-refractivity contribution in [1.82, 2.24) is 4.98 Å². The zero-order chi connectivity index (χ0) is 26.0. The Labute approximate surface area is 203 Å². The Morgan fingerprint density at radius 3 is 2.44 bits per heavy atom. The highest BCUT2D eigenvalue weighted by atomic mass is 19.4. The van der Waals surface area contributed by atoms with Gasteiger partial charge in [0.25, 0.3) is 0 Å². The lowest BCUT2D eigenvalue weighted by molar-refractivity contribution is -0.141. The van der Waals surface area contributed by atoms with Gasteiger partial charge < -0.3 is 10.3 Å². The van der Waals surface area contributed by atoms with Gasteiger partial charge in [0.15, 0.2) is 0 Å². The van der Waals surface area contributed by atoms with Crippen molar-refractivity contribution in [2.75, 3.05) is 5.32 Å². The van der Waals surface area contributed by atoms with Crippen LogP contribution in [0.2, 0.25) is 0 Å². The SMILES string of the molecule is C[C@]12CC[C@@H]3c4ccc(=O)[nH]c4CC[C@H]3[C@@H]1CC[C@@H]2C(=O)Nc1cc(C(F)(F)F)ccc1C(F)(F)F. The predicted octanol–water partition coefficient (Wildman–Crippen LogP) is 6.52. The van der Waals surface area contributed by atoms with Gasteiger partial charge in [-0.05, 0) is 85.5 Å². The number of aromatic amines is 1. The monoisotopic (exact) mass is 512 g/mol. The van der Waals surface area contributed by atoms with Crippen molar-refractivity contribution >= 4 is 11.6 Å². The summed E-state index contributed by atoms with van der Waals surface area (Å²) in [7, 11) is 0. The number of H-pyrrole nitrogens is 1. The second kappa shape index (κ2) is 8.38. The lowest BCUT2D eigenvalue weighted by atomic mass is 9.54. The fourth-order valence-electron chi connectivity index (χ4n) is 7.19. The van der Waals surface area contributed by atoms with Crippen LogP contribution in [0.4, 0.5) is 32.0 Å². The molecule has 10 heteroatoms. The lowest BCUT2D eigenvalue weighted by Gasteiger charge is -2.50. The molecule has 5 rings (SSSR count). The number of nitrogens with one attached hydrogen (secondary N) is 2. The quantitative estimate of drug-likeness (QED) is 0.450. The van der Waals surface area contributed by atoms with E-state index in [4.69, 9.17) is 0 Å². The Hall–Kier alpha value is -2.78. The minimum absolute atomic E-state index is 0.140. The van der Waals surface area contributed by atoms with E-state index in [0.717, 1.165) is 36.9 Å². The molecule has 2 N–H and O–H groups in total. The molecule has 3 aliphatic rings. The van der Waals surface area contributed by atoms with Gasteiger partial charge in [-0.2, -0.15) is 26.3 Å². The topological polar surface area (TPSA) is 62.0 Å². The van der Waals surface area contributed by atoms with E-state index in [1.807, 2.05) is 13.0 Å². The Morgan fingerprint density at radius 2 is 1.75 bits per heavy atom. The highest BCUT2D eigenvalue weighted by Gasteiger charge is 2.57. The summed E-state index contributed by atoms with van der Waals surface area (Å²) in [5.41, 5.74) is -1.95. The van der Waals surface area contributed by atoms with E-state index < -0.39 is 46.4 Å². The summed E-state index contributed by atoms with van der Waals surface area (Å²) in [5.74, 6) is -0.583. The first-order valence-corrected chi connectivity index (χ1v) is 12.1. The number of halogens is 6. The van der Waals surface area contributed by atoms with E-state index in [1.54, 1.807) is 0 Å². The largest absolute Gasteiger partial charge is 0.418 e. The molecule has 1 aromatic carbocycles. The molecule has 0 spiro atoms. The standard InChI is InChI=1S/C26H26F6N2O2/c1-24-11-10-14-15(3-8-20-16(14)4-9-22(35)33-20)17(24)6-7-19(24)23(36)34-21-12-13(25(27,28)29)2-5-18(21)26(30,31)32/h2,4-5,9,12,14-15,17,19H,3,6-8,10-11H2,1H3,(H,33,35)(H,34,36)/t14-,15+,17-,19+,24-/m0/s1. The molecule has 1 heterocycles. The van der Waals surface area contributed by atoms with Gasteiger partial charge in [-0.3, -0.25) is 9.59 Å². The molecular weight excluding hydrogens is 486 g/mol. The van der Waals surface area contributed by atoms with E-state index in [0.29, 0.717) is 31.0 Å². The van der Waals surface area contributed by atoms with Crippen molar-refractivity contribution in [3.8, 4) is 0 Å². The van der Waals surface area contributed by atoms with Gasteiger partial charge in [-0.15, -0.1) is 0 Å². The summed E-state index contributed by atoms with van der Waals surface area (Å²) in [6.07, 6.45) is -5.55. The van der Waals surface area contributed by atoms with Crippen LogP contribution in [0.15, 0.2) is 35.1 Å². The van der Waals surface area contributed by atoms with Crippen molar-refractivity contribution < 1.29 is 31.1 Å². The van der Waals surface area contributed by atoms with E-state index in [-0.39, 0.29) is 23.3 Å². The smallest absolute Gasteiger partial charge is 0.326 e. The number of aryl methyl sites for hydroxylation is 1. The molecule has 0 radical (unpaired) electrons. The van der Waals surface area contributed by atoms with Crippen LogP contribution in [-0.2, 0) is 23.6 Å². The van der Waals surface area contributed by atoms with E-state index in [2.05, 4.69) is 10.3 Å². The Morgan fingerprint density at radius 1 is 1.00 bits per heavy atom. The van der Waals surface area contributed by atoms with Crippen LogP contribution in [0, 0.1) is 23.2 Å². The van der Waals surface area contributed by atoms with Crippen molar-refractivity contribution in [3.05, 3.63) is 63.1 Å². The van der Waals surface area contributed by atoms with Crippen LogP contribution < -0.4 is 10.9 Å². The molecule has 3 aliphatic carbocycles. The number of alkyl halides is 6. The van der Waals surface area contributed by atoms with Crippen molar-refractivity contribution in [2.24, 2.45) is 23.2 Å². The number of carbonyl (C=O) groups is 1. The van der Waals surface area contributed by atoms with Gasteiger partial charge in [-0.25, -0.2) is 0 Å². The lowest BCUT2D eigenvalue weighted by Crippen LogP contribution is -2.45. The molecule has 5 atom stereocenters. The number of fused-ring (bicyclic) bond motifs is 5. The van der Waals surface area contributed by atoms with Crippen LogP contribution in [0.3, 0.4) is 0 Å². The molecule has 2 aromatic rings. The Kier molecular flexibility index (Phi) is 5.79. The van der Waals surface area contributed by atoms with Gasteiger partial charge in [-0.1, -0.05) is 13.0 Å². The first-order chi connectivity index (χ1) is 16.8. The fraction of sp³-hybridized carbons (Fsp3) is 0.538. The average molecular weight is 512 g/mol. The zero-order valence-electron chi connectivity index (χ0n) is 19.5. The highest BCUT2D eigenvalue weighted by Crippen LogP contribution is 2.63. The normalized spacial score (nSPS) is 29.8. The van der Waals surface area contributed by atoms with Crippen LogP contribution in [0.25, 0.3) is 0 Å². The molecule has 0 saturated heterocycles. The van der Waals surface area contributed by atoms with E-state index in [9.17, 15) is 35.9 Å². The van der Waals surface area contributed by atoms with Crippen LogP contribution in [0.1, 0.15) is 67.3 Å². The average Bonchev–Trinajstić information content (AvgIpc) is 3.14. The maximum absolute atomic E-state index is 13.5. The molecule has 2 fully saturated rings. The van der Waals surface area contributed by atoms with Crippen molar-refractivity contribution in [1.29, 1.82) is 0 Å². The number of benzene rings is 1. The van der Waals surface area contributed by atoms with Crippen molar-refractivity contribution in [2.45, 2.75) is 63.7 Å². The molecule has 0 aliphatic heterocycles. The summed E-state index contributed by atoms with van der Waals surface area (Å²) >= 11 is 0. The van der Waals surface area contributed by atoms with Gasteiger partial charge in [0.2, 0.25) is 11.5 Å². The molecule has 2 saturated carbocycles. The number of carbonyl (C=O) groups excluding carboxylic acids is 1. The van der Waals surface area contributed by atoms with E-state index >= 15 is 0 Å². The maximum atomic E-state index is 13.5. The molecule has 0 bridgehead atoms. The maximum Gasteiger partial charge on any atom is 0.418 e. The Bertz CT molecular complexity index is 1250. The minimum atomic E-state index is -4.91. The molecular formula is C26H26F6N2O2. The zero-order valence-corrected chi connectivity index (χ0v) is 19.5. The third kappa shape index (κ3) is 4.12. The van der Waals surface area contributed by atoms with Crippen LogP contribution in [-0.4, -0.2) is 10.9 Å². The molecule has 194 valence electrons. The van der Waals surface area contributed by atoms with Gasteiger partial charge in [0.1, 0.15) is 0 Å². The summed E-state index contributed by atoms with van der Waals surface area (Å²) in [6, 6.07) is 4.50. The second-order valence-corrected chi connectivity index (χ2v) is 10.6. The van der Waals surface area contributed by atoms with Gasteiger partial charge in [0.05, 0.1) is 16.8 Å². The van der Waals surface area contributed by atoms with Gasteiger partial charge >= 0.3 is 12.4 Å². The van der Waals surface area contributed by atoms with Crippen LogP contribution >= 0.6 is 0 Å².